The number of nitrogens with zero attached hydrogens (tertiary/aromatic N) is 1. The molecule has 1 aliphatic heterocycles. The highest BCUT2D eigenvalue weighted by Gasteiger charge is 2.26. The average Bonchev–Trinajstić information content (AvgIpc) is 2.94. The zero-order chi connectivity index (χ0) is 13.9. The summed E-state index contributed by atoms with van der Waals surface area (Å²) in [6.07, 6.45) is 2.25. The number of hydrogen-bond donors (Lipinski definition) is 2. The Morgan fingerprint density at radius 3 is 3.20 bits per heavy atom. The van der Waals surface area contributed by atoms with Crippen molar-refractivity contribution >= 4 is 16.8 Å². The predicted molar refractivity (Wildman–Crippen MR) is 75.4 cm³/mol. The van der Waals surface area contributed by atoms with Gasteiger partial charge in [0.2, 0.25) is 5.91 Å². The number of carbonyl (C=O) groups excluding carboxylic acids is 1. The molecule has 1 amide bonds. The number of morpholine rings is 1. The van der Waals surface area contributed by atoms with Crippen LogP contribution >= 0.6 is 0 Å². The second-order valence-electron chi connectivity index (χ2n) is 5.07. The maximum atomic E-state index is 12.4. The lowest BCUT2D eigenvalue weighted by Crippen LogP contribution is -2.51. The summed E-state index contributed by atoms with van der Waals surface area (Å²) in [7, 11) is 0. The van der Waals surface area contributed by atoms with E-state index in [0.717, 1.165) is 16.5 Å². The summed E-state index contributed by atoms with van der Waals surface area (Å²) in [6, 6.07) is 7.76. The molecule has 1 saturated heterocycles. The number of fused-ring (bicyclic) bond motifs is 1. The molecule has 3 rings (SSSR count). The van der Waals surface area contributed by atoms with E-state index in [1.54, 1.807) is 4.90 Å². The monoisotopic (exact) mass is 274 g/mol. The summed E-state index contributed by atoms with van der Waals surface area (Å²) in [5.74, 6) is 0.0437. The number of nitrogens with one attached hydrogen (secondary N) is 1. The molecular formula is C15H18N2O3. The average molecular weight is 274 g/mol. The van der Waals surface area contributed by atoms with Crippen molar-refractivity contribution in [2.75, 3.05) is 26.4 Å². The van der Waals surface area contributed by atoms with Crippen LogP contribution in [-0.4, -0.2) is 53.3 Å². The molecule has 0 aliphatic carbocycles. The van der Waals surface area contributed by atoms with E-state index in [-0.39, 0.29) is 18.6 Å². The van der Waals surface area contributed by atoms with Crippen LogP contribution < -0.4 is 0 Å². The molecule has 0 bridgehead atoms. The molecule has 1 aliphatic rings. The van der Waals surface area contributed by atoms with Gasteiger partial charge in [0.25, 0.3) is 0 Å². The quantitative estimate of drug-likeness (QED) is 0.875. The maximum Gasteiger partial charge on any atom is 0.227 e. The zero-order valence-electron chi connectivity index (χ0n) is 11.2. The van der Waals surface area contributed by atoms with Gasteiger partial charge in [-0.1, -0.05) is 6.07 Å². The minimum absolute atomic E-state index is 0.0437. The zero-order valence-corrected chi connectivity index (χ0v) is 11.2. The molecule has 5 heteroatoms. The maximum absolute atomic E-state index is 12.4. The van der Waals surface area contributed by atoms with Gasteiger partial charge in [-0.05, 0) is 29.1 Å². The Labute approximate surface area is 117 Å². The van der Waals surface area contributed by atoms with E-state index in [2.05, 4.69) is 4.98 Å². The molecule has 20 heavy (non-hydrogen) atoms. The van der Waals surface area contributed by atoms with Gasteiger partial charge in [0, 0.05) is 18.3 Å². The first-order valence-electron chi connectivity index (χ1n) is 6.82. The highest BCUT2D eigenvalue weighted by molar-refractivity contribution is 5.83. The van der Waals surface area contributed by atoms with Gasteiger partial charge in [0.15, 0.2) is 0 Å². The third-order valence-electron chi connectivity index (χ3n) is 3.73. The number of ether oxygens (including phenoxy) is 1. The fraction of sp³-hybridized carbons (Fsp3) is 0.400. The van der Waals surface area contributed by atoms with Crippen LogP contribution in [0.5, 0.6) is 0 Å². The van der Waals surface area contributed by atoms with Crippen molar-refractivity contribution in [2.24, 2.45) is 0 Å². The third-order valence-corrected chi connectivity index (χ3v) is 3.73. The number of carbonyl (C=O) groups is 1. The van der Waals surface area contributed by atoms with Crippen LogP contribution in [0.2, 0.25) is 0 Å². The van der Waals surface area contributed by atoms with Gasteiger partial charge < -0.3 is 19.7 Å². The summed E-state index contributed by atoms with van der Waals surface area (Å²) < 4.78 is 5.29. The topological polar surface area (TPSA) is 65.6 Å². The van der Waals surface area contributed by atoms with Crippen LogP contribution in [0.25, 0.3) is 10.9 Å². The molecule has 1 fully saturated rings. The lowest BCUT2D eigenvalue weighted by Gasteiger charge is -2.34. The van der Waals surface area contributed by atoms with Gasteiger partial charge >= 0.3 is 0 Å². The Kier molecular flexibility index (Phi) is 3.71. The van der Waals surface area contributed by atoms with E-state index in [9.17, 15) is 9.90 Å². The highest BCUT2D eigenvalue weighted by atomic mass is 16.5. The van der Waals surface area contributed by atoms with Crippen LogP contribution in [0, 0.1) is 0 Å². The minimum atomic E-state index is -0.216. The van der Waals surface area contributed by atoms with E-state index in [0.29, 0.717) is 26.2 Å². The first kappa shape index (κ1) is 13.1. The van der Waals surface area contributed by atoms with E-state index < -0.39 is 0 Å². The van der Waals surface area contributed by atoms with Gasteiger partial charge in [-0.3, -0.25) is 4.79 Å². The van der Waals surface area contributed by atoms with Crippen LogP contribution in [0.3, 0.4) is 0 Å². The van der Waals surface area contributed by atoms with Crippen molar-refractivity contribution in [1.29, 1.82) is 0 Å². The van der Waals surface area contributed by atoms with Gasteiger partial charge in [0.1, 0.15) is 0 Å². The Hall–Kier alpha value is -1.85. The molecule has 5 nitrogen and oxygen atoms in total. The minimum Gasteiger partial charge on any atom is -0.394 e. The Balaban J connectivity index is 1.73. The lowest BCUT2D eigenvalue weighted by molar-refractivity contribution is -0.140. The van der Waals surface area contributed by atoms with Crippen molar-refractivity contribution < 1.29 is 14.6 Å². The smallest absolute Gasteiger partial charge is 0.227 e. The number of amides is 1. The van der Waals surface area contributed by atoms with Gasteiger partial charge in [-0.25, -0.2) is 0 Å². The van der Waals surface area contributed by atoms with E-state index >= 15 is 0 Å². The van der Waals surface area contributed by atoms with Crippen LogP contribution in [0.4, 0.5) is 0 Å². The SMILES string of the molecule is O=C(Cc1ccc2[nH]ccc2c1)N1CCOCC1CO. The molecule has 2 aromatic rings. The summed E-state index contributed by atoms with van der Waals surface area (Å²) in [6.45, 7) is 1.46. The van der Waals surface area contributed by atoms with Crippen LogP contribution in [0.15, 0.2) is 30.5 Å². The number of rotatable bonds is 3. The Morgan fingerprint density at radius 2 is 2.35 bits per heavy atom. The van der Waals surface area contributed by atoms with Crippen molar-refractivity contribution in [2.45, 2.75) is 12.5 Å². The number of benzene rings is 1. The molecule has 106 valence electrons. The molecule has 1 aromatic heterocycles. The summed E-state index contributed by atoms with van der Waals surface area (Å²) >= 11 is 0. The number of aliphatic hydroxyl groups is 1. The van der Waals surface area contributed by atoms with Crippen LogP contribution in [0.1, 0.15) is 5.56 Å². The second kappa shape index (κ2) is 5.64. The van der Waals surface area contributed by atoms with Crippen molar-refractivity contribution in [1.82, 2.24) is 9.88 Å². The van der Waals surface area contributed by atoms with E-state index in [1.807, 2.05) is 30.5 Å². The number of aliphatic hydroxyl groups excluding tert-OH is 1. The number of aromatic nitrogens is 1. The highest BCUT2D eigenvalue weighted by Crippen LogP contribution is 2.16. The molecule has 0 radical (unpaired) electrons. The fourth-order valence-corrected chi connectivity index (χ4v) is 2.62. The normalized spacial score (nSPS) is 19.4. The van der Waals surface area contributed by atoms with Crippen LogP contribution in [-0.2, 0) is 16.0 Å². The molecule has 0 spiro atoms. The summed E-state index contributed by atoms with van der Waals surface area (Å²) in [5, 5.41) is 10.4. The van der Waals surface area contributed by atoms with E-state index in [4.69, 9.17) is 4.74 Å². The van der Waals surface area contributed by atoms with Crippen molar-refractivity contribution in [3.63, 3.8) is 0 Å². The molecule has 1 atom stereocenters. The van der Waals surface area contributed by atoms with Gasteiger partial charge in [-0.15, -0.1) is 0 Å². The largest absolute Gasteiger partial charge is 0.394 e. The number of hydrogen-bond acceptors (Lipinski definition) is 3. The predicted octanol–water partition coefficient (Wildman–Crippen LogP) is 0.930. The summed E-state index contributed by atoms with van der Waals surface area (Å²) in [5.41, 5.74) is 2.06. The Bertz CT molecular complexity index is 608. The fourth-order valence-electron chi connectivity index (χ4n) is 2.62. The first-order chi connectivity index (χ1) is 9.78. The van der Waals surface area contributed by atoms with Gasteiger partial charge in [0.05, 0.1) is 32.3 Å². The molecule has 1 unspecified atom stereocenters. The molecule has 2 N–H and O–H groups in total. The molecule has 1 aromatic carbocycles. The van der Waals surface area contributed by atoms with Gasteiger partial charge in [-0.2, -0.15) is 0 Å². The van der Waals surface area contributed by atoms with Crippen molar-refractivity contribution in [3.05, 3.63) is 36.0 Å². The molecular weight excluding hydrogens is 256 g/mol. The third kappa shape index (κ3) is 2.55. The Morgan fingerprint density at radius 1 is 1.45 bits per heavy atom. The summed E-state index contributed by atoms with van der Waals surface area (Å²) in [4.78, 5) is 17.2. The second-order valence-corrected chi connectivity index (χ2v) is 5.07. The standard InChI is InChI=1S/C15H18N2O3/c18-9-13-10-20-6-5-17(13)15(19)8-11-1-2-14-12(7-11)3-4-16-14/h1-4,7,13,16,18H,5-6,8-10H2. The molecule has 0 saturated carbocycles. The molecule has 2 heterocycles. The lowest BCUT2D eigenvalue weighted by atomic mass is 10.1. The number of aromatic amines is 1. The van der Waals surface area contributed by atoms with Crippen molar-refractivity contribution in [3.8, 4) is 0 Å². The first-order valence-corrected chi connectivity index (χ1v) is 6.82. The number of H-pyrrole nitrogens is 1. The van der Waals surface area contributed by atoms with E-state index in [1.165, 1.54) is 0 Å².